The zero-order valence-electron chi connectivity index (χ0n) is 16.1. The Kier molecular flexibility index (Phi) is 4.58. The molecule has 0 amide bonds. The van der Waals surface area contributed by atoms with Crippen LogP contribution in [0.1, 0.15) is 39.3 Å². The van der Waals surface area contributed by atoms with Crippen molar-refractivity contribution in [2.24, 2.45) is 4.99 Å². The van der Waals surface area contributed by atoms with E-state index in [1.165, 1.54) is 11.3 Å². The van der Waals surface area contributed by atoms with Gasteiger partial charge in [-0.15, -0.1) is 0 Å². The van der Waals surface area contributed by atoms with Crippen molar-refractivity contribution >= 4 is 22.9 Å². The van der Waals surface area contributed by atoms with Gasteiger partial charge < -0.3 is 14.2 Å². The second-order valence-corrected chi connectivity index (χ2v) is 7.71. The minimum atomic E-state index is -0.641. The maximum absolute atomic E-state index is 13.2. The first-order valence-corrected chi connectivity index (χ1v) is 9.79. The number of rotatable bonds is 3. The number of nitrogens with zero attached hydrogens (tertiary/aromatic N) is 2. The molecular weight excluding hydrogens is 380 g/mol. The molecule has 1 aromatic heterocycles. The van der Waals surface area contributed by atoms with Crippen molar-refractivity contribution in [2.45, 2.75) is 33.7 Å². The molecular formula is C20H20N2O5S. The summed E-state index contributed by atoms with van der Waals surface area (Å²) in [7, 11) is 0. The molecule has 0 saturated heterocycles. The van der Waals surface area contributed by atoms with E-state index < -0.39 is 12.0 Å². The van der Waals surface area contributed by atoms with Crippen LogP contribution in [0, 0.1) is 0 Å². The maximum Gasteiger partial charge on any atom is 0.338 e. The zero-order valence-corrected chi connectivity index (χ0v) is 16.9. The highest BCUT2D eigenvalue weighted by molar-refractivity contribution is 7.07. The summed E-state index contributed by atoms with van der Waals surface area (Å²) >= 11 is 1.33. The van der Waals surface area contributed by atoms with E-state index in [4.69, 9.17) is 14.2 Å². The van der Waals surface area contributed by atoms with Gasteiger partial charge in [-0.25, -0.2) is 9.79 Å². The zero-order chi connectivity index (χ0) is 20.0. The van der Waals surface area contributed by atoms with Crippen molar-refractivity contribution in [3.8, 4) is 11.5 Å². The number of fused-ring (bicyclic) bond motifs is 2. The van der Waals surface area contributed by atoms with E-state index in [2.05, 4.69) is 4.99 Å². The number of thiazole rings is 1. The van der Waals surface area contributed by atoms with Crippen LogP contribution in [0.15, 0.2) is 39.3 Å². The molecule has 0 radical (unpaired) electrons. The Labute approximate surface area is 165 Å². The summed E-state index contributed by atoms with van der Waals surface area (Å²) in [6.07, 6.45) is 0. The quantitative estimate of drug-likeness (QED) is 0.735. The first-order chi connectivity index (χ1) is 13.4. The van der Waals surface area contributed by atoms with E-state index in [1.54, 1.807) is 30.5 Å². The van der Waals surface area contributed by atoms with E-state index in [0.717, 1.165) is 11.1 Å². The van der Waals surface area contributed by atoms with E-state index in [9.17, 15) is 9.59 Å². The van der Waals surface area contributed by atoms with Crippen molar-refractivity contribution < 1.29 is 19.0 Å². The van der Waals surface area contributed by atoms with E-state index in [1.807, 2.05) is 19.9 Å². The number of allylic oxidation sites excluding steroid dienone is 1. The van der Waals surface area contributed by atoms with Crippen LogP contribution in [-0.2, 0) is 9.53 Å². The van der Waals surface area contributed by atoms with E-state index in [0.29, 0.717) is 32.1 Å². The molecule has 146 valence electrons. The molecule has 0 spiro atoms. The Morgan fingerprint density at radius 1 is 1.32 bits per heavy atom. The second kappa shape index (κ2) is 6.94. The van der Waals surface area contributed by atoms with Gasteiger partial charge in [-0.05, 0) is 45.4 Å². The third-order valence-electron chi connectivity index (χ3n) is 4.66. The van der Waals surface area contributed by atoms with Gasteiger partial charge >= 0.3 is 5.97 Å². The number of esters is 1. The average molecular weight is 400 g/mol. The highest BCUT2D eigenvalue weighted by Gasteiger charge is 2.34. The third kappa shape index (κ3) is 2.84. The normalized spacial score (nSPS) is 17.2. The molecule has 0 bridgehead atoms. The molecule has 0 aliphatic carbocycles. The van der Waals surface area contributed by atoms with Gasteiger partial charge in [-0.1, -0.05) is 23.0 Å². The van der Waals surface area contributed by atoms with Gasteiger partial charge in [0.1, 0.15) is 0 Å². The summed E-state index contributed by atoms with van der Waals surface area (Å²) in [5.74, 6) is 0.747. The van der Waals surface area contributed by atoms with E-state index in [-0.39, 0.29) is 19.0 Å². The fourth-order valence-corrected chi connectivity index (χ4v) is 4.44. The van der Waals surface area contributed by atoms with Crippen molar-refractivity contribution in [3.63, 3.8) is 0 Å². The molecule has 2 aliphatic rings. The van der Waals surface area contributed by atoms with E-state index >= 15 is 0 Å². The molecule has 3 heterocycles. The van der Waals surface area contributed by atoms with Crippen LogP contribution in [0.2, 0.25) is 0 Å². The highest BCUT2D eigenvalue weighted by Crippen LogP contribution is 2.38. The van der Waals surface area contributed by atoms with Crippen LogP contribution in [-0.4, -0.2) is 23.9 Å². The first-order valence-electron chi connectivity index (χ1n) is 8.97. The summed E-state index contributed by atoms with van der Waals surface area (Å²) in [4.78, 5) is 31.0. The third-order valence-corrected chi connectivity index (χ3v) is 5.92. The molecule has 1 aromatic carbocycles. The van der Waals surface area contributed by atoms with Crippen molar-refractivity contribution in [1.29, 1.82) is 0 Å². The summed E-state index contributed by atoms with van der Waals surface area (Å²) < 4.78 is 18.4. The fourth-order valence-electron chi connectivity index (χ4n) is 3.40. The molecule has 8 heteroatoms. The Bertz CT molecular complexity index is 1180. The van der Waals surface area contributed by atoms with Crippen LogP contribution in [0.4, 0.5) is 0 Å². The molecule has 4 rings (SSSR count). The second-order valence-electron chi connectivity index (χ2n) is 6.74. The number of benzene rings is 1. The monoisotopic (exact) mass is 400 g/mol. The minimum absolute atomic E-state index is 0.149. The van der Waals surface area contributed by atoms with Crippen molar-refractivity contribution in [1.82, 2.24) is 4.57 Å². The molecule has 0 unspecified atom stereocenters. The van der Waals surface area contributed by atoms with Crippen LogP contribution in [0.25, 0.3) is 5.57 Å². The SMILES string of the molecule is CCOC(=O)C1=C(C)N=c2sc(=C(C)C)c(=O)n2[C@H]1c1ccc2c(c1)OCO2. The Balaban J connectivity index is 2.00. The van der Waals surface area contributed by atoms with Crippen molar-refractivity contribution in [3.05, 3.63) is 54.7 Å². The topological polar surface area (TPSA) is 79.1 Å². The van der Waals surface area contributed by atoms with Crippen LogP contribution in [0.5, 0.6) is 11.5 Å². The number of aromatic nitrogens is 1. The molecule has 0 saturated carbocycles. The summed E-state index contributed by atoms with van der Waals surface area (Å²) in [6.45, 7) is 7.68. The van der Waals surface area contributed by atoms with Gasteiger partial charge in [0.25, 0.3) is 5.56 Å². The number of hydrogen-bond acceptors (Lipinski definition) is 7. The fraction of sp³-hybridized carbons (Fsp3) is 0.350. The van der Waals surface area contributed by atoms with Gasteiger partial charge in [0, 0.05) is 0 Å². The number of hydrogen-bond donors (Lipinski definition) is 0. The lowest BCUT2D eigenvalue weighted by Gasteiger charge is -2.24. The predicted octanol–water partition coefficient (Wildman–Crippen LogP) is 1.89. The molecule has 2 aromatic rings. The van der Waals surface area contributed by atoms with Crippen LogP contribution < -0.4 is 24.4 Å². The van der Waals surface area contributed by atoms with Crippen molar-refractivity contribution in [2.75, 3.05) is 13.4 Å². The Morgan fingerprint density at radius 3 is 2.79 bits per heavy atom. The van der Waals surface area contributed by atoms with Gasteiger partial charge in [0.05, 0.1) is 28.5 Å². The standard InChI is InChI=1S/C20H20N2O5S/c1-5-25-19(24)15-11(4)21-20-22(18(23)17(28-20)10(2)3)16(15)12-6-7-13-14(8-12)27-9-26-13/h6-8,16H,5,9H2,1-4H3/t16-/m0/s1. The lowest BCUT2D eigenvalue weighted by molar-refractivity contribution is -0.139. The molecule has 0 fully saturated rings. The summed E-state index contributed by atoms with van der Waals surface area (Å²) in [6, 6.07) is 4.79. The molecule has 2 aliphatic heterocycles. The lowest BCUT2D eigenvalue weighted by atomic mass is 9.95. The summed E-state index contributed by atoms with van der Waals surface area (Å²) in [5.41, 5.74) is 2.38. The Morgan fingerprint density at radius 2 is 2.07 bits per heavy atom. The van der Waals surface area contributed by atoms with Gasteiger partial charge in [0.15, 0.2) is 16.3 Å². The Hall–Kier alpha value is -2.87. The molecule has 7 nitrogen and oxygen atoms in total. The highest BCUT2D eigenvalue weighted by atomic mass is 32.1. The average Bonchev–Trinajstić information content (AvgIpc) is 3.24. The molecule has 0 N–H and O–H groups in total. The minimum Gasteiger partial charge on any atom is -0.463 e. The van der Waals surface area contributed by atoms with Gasteiger partial charge in [-0.2, -0.15) is 0 Å². The van der Waals surface area contributed by atoms with Crippen LogP contribution in [0.3, 0.4) is 0 Å². The van der Waals surface area contributed by atoms with Gasteiger partial charge in [0.2, 0.25) is 6.79 Å². The largest absolute Gasteiger partial charge is 0.463 e. The van der Waals surface area contributed by atoms with Crippen LogP contribution >= 0.6 is 11.3 Å². The molecule has 1 atom stereocenters. The number of carbonyl (C=O) groups excluding carboxylic acids is 1. The first kappa shape index (κ1) is 18.5. The molecule has 28 heavy (non-hydrogen) atoms. The maximum atomic E-state index is 13.2. The predicted molar refractivity (Wildman–Crippen MR) is 104 cm³/mol. The number of ether oxygens (including phenoxy) is 3. The number of carbonyl (C=O) groups is 1. The smallest absolute Gasteiger partial charge is 0.338 e. The van der Waals surface area contributed by atoms with Gasteiger partial charge in [-0.3, -0.25) is 9.36 Å². The lowest BCUT2D eigenvalue weighted by Crippen LogP contribution is -2.40. The summed E-state index contributed by atoms with van der Waals surface area (Å²) in [5, 5.41) is 0.